The molecule has 2 atom stereocenters. The summed E-state index contributed by atoms with van der Waals surface area (Å²) in [4.78, 5) is 14.1. The van der Waals surface area contributed by atoms with E-state index in [1.165, 1.54) is 0 Å². The molecule has 1 N–H and O–H groups in total. The third-order valence-electron chi connectivity index (χ3n) is 3.16. The second kappa shape index (κ2) is 11.2. The fourth-order valence-electron chi connectivity index (χ4n) is 2.12. The average Bonchev–Trinajstić information content (AvgIpc) is 2.38. The minimum absolute atomic E-state index is 0.153. The molecule has 0 bridgehead atoms. The van der Waals surface area contributed by atoms with Gasteiger partial charge in [-0.15, -0.1) is 0 Å². The lowest BCUT2D eigenvalue weighted by Gasteiger charge is -2.28. The van der Waals surface area contributed by atoms with Crippen molar-refractivity contribution in [1.29, 1.82) is 0 Å². The van der Waals surface area contributed by atoms with Crippen molar-refractivity contribution >= 4 is 5.97 Å². The van der Waals surface area contributed by atoms with Gasteiger partial charge in [-0.05, 0) is 33.4 Å². The number of ether oxygens (including phenoxy) is 2. The van der Waals surface area contributed by atoms with E-state index in [1.807, 2.05) is 13.8 Å². The summed E-state index contributed by atoms with van der Waals surface area (Å²) < 4.78 is 10.3. The molecular weight excluding hydrogens is 244 g/mol. The molecule has 114 valence electrons. The smallest absolute Gasteiger partial charge is 0.323 e. The Kier molecular flexibility index (Phi) is 10.8. The number of nitrogens with one attached hydrogen (secondary N) is 1. The zero-order valence-corrected chi connectivity index (χ0v) is 13.1. The van der Waals surface area contributed by atoms with E-state index in [0.29, 0.717) is 19.3 Å². The first kappa shape index (κ1) is 18.4. The van der Waals surface area contributed by atoms with Crippen LogP contribution in [0.25, 0.3) is 0 Å². The van der Waals surface area contributed by atoms with Gasteiger partial charge in [-0.3, -0.25) is 9.69 Å². The fraction of sp³-hybridized carbons (Fsp3) is 0.929. The van der Waals surface area contributed by atoms with E-state index < -0.39 is 0 Å². The van der Waals surface area contributed by atoms with Gasteiger partial charge in [0, 0.05) is 19.7 Å². The summed E-state index contributed by atoms with van der Waals surface area (Å²) in [6, 6.07) is 0.146. The van der Waals surface area contributed by atoms with Crippen LogP contribution < -0.4 is 5.32 Å². The lowest BCUT2D eigenvalue weighted by Crippen LogP contribution is -2.43. The predicted octanol–water partition coefficient (Wildman–Crippen LogP) is 1.27. The number of hydrogen-bond donors (Lipinski definition) is 1. The molecule has 5 heteroatoms. The number of esters is 1. The maximum absolute atomic E-state index is 11.8. The van der Waals surface area contributed by atoms with Crippen LogP contribution in [0.5, 0.6) is 0 Å². The molecular formula is C14H30N2O3. The summed E-state index contributed by atoms with van der Waals surface area (Å²) in [6.45, 7) is 11.8. The van der Waals surface area contributed by atoms with E-state index in [0.717, 1.165) is 26.1 Å². The Bertz CT molecular complexity index is 237. The molecule has 19 heavy (non-hydrogen) atoms. The summed E-state index contributed by atoms with van der Waals surface area (Å²) in [5, 5.41) is 3.19. The van der Waals surface area contributed by atoms with Gasteiger partial charge in [-0.2, -0.15) is 0 Å². The maximum atomic E-state index is 11.8. The van der Waals surface area contributed by atoms with Crippen molar-refractivity contribution in [2.45, 2.75) is 46.2 Å². The van der Waals surface area contributed by atoms with Crippen molar-refractivity contribution in [3.8, 4) is 0 Å². The third kappa shape index (κ3) is 7.50. The standard InChI is InChI=1S/C14H30N2O3/c1-6-15-13(14(17)19-8-3)9-10-16(7-2)12(4)11-18-5/h12-13,15H,6-11H2,1-5H3. The Labute approximate surface area is 117 Å². The van der Waals surface area contributed by atoms with Crippen LogP contribution in [0.15, 0.2) is 0 Å². The molecule has 0 saturated heterocycles. The minimum atomic E-state index is -0.214. The Balaban J connectivity index is 4.30. The van der Waals surface area contributed by atoms with Crippen LogP contribution >= 0.6 is 0 Å². The molecule has 0 aliphatic heterocycles. The van der Waals surface area contributed by atoms with Gasteiger partial charge in [0.15, 0.2) is 0 Å². The summed E-state index contributed by atoms with van der Waals surface area (Å²) in [5.74, 6) is -0.153. The number of rotatable bonds is 11. The molecule has 0 heterocycles. The zero-order chi connectivity index (χ0) is 14.7. The highest BCUT2D eigenvalue weighted by Gasteiger charge is 2.20. The van der Waals surface area contributed by atoms with Crippen molar-refractivity contribution in [2.24, 2.45) is 0 Å². The molecule has 0 aromatic rings. The summed E-state index contributed by atoms with van der Waals surface area (Å²) in [7, 11) is 1.71. The second-order valence-electron chi connectivity index (χ2n) is 4.58. The molecule has 0 aromatic carbocycles. The lowest BCUT2D eigenvalue weighted by atomic mass is 10.1. The van der Waals surface area contributed by atoms with Crippen molar-refractivity contribution in [3.63, 3.8) is 0 Å². The molecule has 0 radical (unpaired) electrons. The molecule has 0 amide bonds. The SMILES string of the molecule is CCNC(CCN(CC)C(C)COC)C(=O)OCC. The normalized spacial score (nSPS) is 14.4. The number of likely N-dealkylation sites (N-methyl/N-ethyl adjacent to an activating group) is 2. The van der Waals surface area contributed by atoms with Gasteiger partial charge in [0.05, 0.1) is 13.2 Å². The van der Waals surface area contributed by atoms with Gasteiger partial charge in [-0.25, -0.2) is 0 Å². The third-order valence-corrected chi connectivity index (χ3v) is 3.16. The number of carbonyl (C=O) groups excluding carboxylic acids is 1. The quantitative estimate of drug-likeness (QED) is 0.575. The number of nitrogens with zero attached hydrogens (tertiary/aromatic N) is 1. The Hall–Kier alpha value is -0.650. The second-order valence-corrected chi connectivity index (χ2v) is 4.58. The molecule has 0 saturated carbocycles. The van der Waals surface area contributed by atoms with Crippen LogP contribution in [0.1, 0.15) is 34.1 Å². The van der Waals surface area contributed by atoms with Crippen LogP contribution in [0.2, 0.25) is 0 Å². The van der Waals surface area contributed by atoms with Crippen molar-refractivity contribution in [3.05, 3.63) is 0 Å². The number of methoxy groups -OCH3 is 1. The molecule has 0 aliphatic rings. The van der Waals surface area contributed by atoms with Crippen LogP contribution in [0.3, 0.4) is 0 Å². The fourth-order valence-corrected chi connectivity index (χ4v) is 2.12. The van der Waals surface area contributed by atoms with Crippen LogP contribution in [0.4, 0.5) is 0 Å². The van der Waals surface area contributed by atoms with Crippen LogP contribution in [0, 0.1) is 0 Å². The van der Waals surface area contributed by atoms with Gasteiger partial charge < -0.3 is 14.8 Å². The summed E-state index contributed by atoms with van der Waals surface area (Å²) in [6.07, 6.45) is 0.758. The maximum Gasteiger partial charge on any atom is 0.323 e. The van der Waals surface area contributed by atoms with Gasteiger partial charge in [0.2, 0.25) is 0 Å². The molecule has 2 unspecified atom stereocenters. The van der Waals surface area contributed by atoms with Gasteiger partial charge in [0.25, 0.3) is 0 Å². The molecule has 0 aliphatic carbocycles. The topological polar surface area (TPSA) is 50.8 Å². The molecule has 0 aromatic heterocycles. The minimum Gasteiger partial charge on any atom is -0.465 e. The first-order valence-electron chi connectivity index (χ1n) is 7.23. The van der Waals surface area contributed by atoms with Gasteiger partial charge in [0.1, 0.15) is 6.04 Å². The van der Waals surface area contributed by atoms with Gasteiger partial charge >= 0.3 is 5.97 Å². The van der Waals surface area contributed by atoms with Crippen molar-refractivity contribution < 1.29 is 14.3 Å². The lowest BCUT2D eigenvalue weighted by molar-refractivity contribution is -0.146. The highest BCUT2D eigenvalue weighted by atomic mass is 16.5. The highest BCUT2D eigenvalue weighted by Crippen LogP contribution is 2.04. The molecule has 0 rings (SSSR count). The van der Waals surface area contributed by atoms with E-state index in [1.54, 1.807) is 7.11 Å². The largest absolute Gasteiger partial charge is 0.465 e. The van der Waals surface area contributed by atoms with Crippen molar-refractivity contribution in [1.82, 2.24) is 10.2 Å². The first-order chi connectivity index (χ1) is 9.10. The van der Waals surface area contributed by atoms with E-state index in [4.69, 9.17) is 9.47 Å². The first-order valence-corrected chi connectivity index (χ1v) is 7.23. The molecule has 0 fully saturated rings. The zero-order valence-electron chi connectivity index (χ0n) is 13.1. The number of hydrogen-bond acceptors (Lipinski definition) is 5. The Morgan fingerprint density at radius 3 is 2.47 bits per heavy atom. The number of carbonyl (C=O) groups is 1. The van der Waals surface area contributed by atoms with E-state index in [2.05, 4.69) is 24.1 Å². The van der Waals surface area contributed by atoms with Crippen molar-refractivity contribution in [2.75, 3.05) is 40.0 Å². The predicted molar refractivity (Wildman–Crippen MR) is 77.3 cm³/mol. The van der Waals surface area contributed by atoms with Crippen LogP contribution in [-0.2, 0) is 14.3 Å². The Morgan fingerprint density at radius 1 is 1.32 bits per heavy atom. The van der Waals surface area contributed by atoms with Crippen LogP contribution in [-0.4, -0.2) is 62.9 Å². The molecule has 5 nitrogen and oxygen atoms in total. The average molecular weight is 274 g/mol. The monoisotopic (exact) mass is 274 g/mol. The molecule has 0 spiro atoms. The summed E-state index contributed by atoms with van der Waals surface area (Å²) in [5.41, 5.74) is 0. The van der Waals surface area contributed by atoms with E-state index >= 15 is 0 Å². The Morgan fingerprint density at radius 2 is 2.00 bits per heavy atom. The van der Waals surface area contributed by atoms with E-state index in [9.17, 15) is 4.79 Å². The summed E-state index contributed by atoms with van der Waals surface area (Å²) >= 11 is 0. The van der Waals surface area contributed by atoms with Gasteiger partial charge in [-0.1, -0.05) is 13.8 Å². The highest BCUT2D eigenvalue weighted by molar-refractivity contribution is 5.75. The van der Waals surface area contributed by atoms with E-state index in [-0.39, 0.29) is 12.0 Å².